The molecule has 0 spiro atoms. The van der Waals surface area contributed by atoms with Gasteiger partial charge in [0.05, 0.1) is 17.7 Å². The minimum absolute atomic E-state index is 0.317. The molecule has 0 bridgehead atoms. The summed E-state index contributed by atoms with van der Waals surface area (Å²) in [6.45, 7) is -0.343. The van der Waals surface area contributed by atoms with Gasteiger partial charge in [0.2, 0.25) is 5.91 Å². The van der Waals surface area contributed by atoms with Gasteiger partial charge in [0, 0.05) is 4.88 Å². The van der Waals surface area contributed by atoms with E-state index in [9.17, 15) is 14.4 Å². The lowest BCUT2D eigenvalue weighted by atomic mass is 10.3. The first-order valence-corrected chi connectivity index (χ1v) is 9.00. The van der Waals surface area contributed by atoms with Crippen LogP contribution >= 0.6 is 23.1 Å². The summed E-state index contributed by atoms with van der Waals surface area (Å²) in [5, 5.41) is 4.08. The van der Waals surface area contributed by atoms with Crippen molar-refractivity contribution in [2.75, 3.05) is 19.0 Å². The van der Waals surface area contributed by atoms with Crippen molar-refractivity contribution in [3.8, 4) is 5.75 Å². The zero-order valence-electron chi connectivity index (χ0n) is 13.2. The van der Waals surface area contributed by atoms with Gasteiger partial charge in [-0.2, -0.15) is 0 Å². The highest BCUT2D eigenvalue weighted by atomic mass is 32.2. The van der Waals surface area contributed by atoms with Crippen molar-refractivity contribution in [2.45, 2.75) is 0 Å². The van der Waals surface area contributed by atoms with Crippen molar-refractivity contribution < 1.29 is 19.1 Å². The van der Waals surface area contributed by atoms with Gasteiger partial charge in [-0.1, -0.05) is 18.2 Å². The molecule has 2 aromatic rings. The number of para-hydroxylation sites is 2. The van der Waals surface area contributed by atoms with Gasteiger partial charge in [0.25, 0.3) is 11.1 Å². The molecule has 1 aliphatic heterocycles. The van der Waals surface area contributed by atoms with Crippen LogP contribution in [0.1, 0.15) is 4.88 Å². The molecule has 1 saturated heterocycles. The minimum Gasteiger partial charge on any atom is -0.495 e. The van der Waals surface area contributed by atoms with Gasteiger partial charge < -0.3 is 10.1 Å². The second-order valence-corrected chi connectivity index (χ2v) is 7.00. The first kappa shape index (κ1) is 17.2. The second-order valence-electron chi connectivity index (χ2n) is 5.03. The molecule has 0 aliphatic carbocycles. The fraction of sp³-hybridized carbons (Fsp3) is 0.118. The van der Waals surface area contributed by atoms with Gasteiger partial charge in [-0.3, -0.25) is 19.3 Å². The fourth-order valence-corrected chi connectivity index (χ4v) is 3.78. The lowest BCUT2D eigenvalue weighted by molar-refractivity contribution is -0.127. The van der Waals surface area contributed by atoms with Crippen LogP contribution in [-0.4, -0.2) is 35.6 Å². The molecule has 1 fully saturated rings. The van der Waals surface area contributed by atoms with Crippen LogP contribution in [-0.2, 0) is 9.59 Å². The van der Waals surface area contributed by atoms with Gasteiger partial charge >= 0.3 is 0 Å². The van der Waals surface area contributed by atoms with E-state index in [2.05, 4.69) is 5.32 Å². The van der Waals surface area contributed by atoms with E-state index in [1.54, 1.807) is 30.3 Å². The smallest absolute Gasteiger partial charge is 0.294 e. The van der Waals surface area contributed by atoms with Crippen LogP contribution in [0.25, 0.3) is 6.08 Å². The van der Waals surface area contributed by atoms with E-state index in [1.807, 2.05) is 17.5 Å². The minimum atomic E-state index is -0.468. The number of thiophene rings is 1. The summed E-state index contributed by atoms with van der Waals surface area (Å²) in [5.74, 6) is -0.426. The van der Waals surface area contributed by atoms with Crippen molar-refractivity contribution in [3.63, 3.8) is 0 Å². The summed E-state index contributed by atoms with van der Waals surface area (Å²) in [6.07, 6.45) is 1.66. The summed E-state index contributed by atoms with van der Waals surface area (Å²) in [5.41, 5.74) is 0.482. The molecular formula is C17H14N2O4S2. The predicted octanol–water partition coefficient (Wildman–Crippen LogP) is 3.43. The highest BCUT2D eigenvalue weighted by Crippen LogP contribution is 2.33. The Morgan fingerprint density at radius 1 is 1.24 bits per heavy atom. The number of nitrogens with zero attached hydrogens (tertiary/aromatic N) is 1. The average molecular weight is 374 g/mol. The number of rotatable bonds is 5. The Kier molecular flexibility index (Phi) is 5.20. The van der Waals surface area contributed by atoms with Crippen LogP contribution in [0.15, 0.2) is 46.7 Å². The van der Waals surface area contributed by atoms with E-state index in [4.69, 9.17) is 4.74 Å². The van der Waals surface area contributed by atoms with Crippen molar-refractivity contribution in [3.05, 3.63) is 51.6 Å². The summed E-state index contributed by atoms with van der Waals surface area (Å²) in [4.78, 5) is 38.8. The van der Waals surface area contributed by atoms with Gasteiger partial charge in [-0.05, 0) is 41.4 Å². The molecule has 3 rings (SSSR count). The maximum atomic E-state index is 12.4. The van der Waals surface area contributed by atoms with Crippen molar-refractivity contribution in [1.82, 2.24) is 4.90 Å². The number of methoxy groups -OCH3 is 1. The molecule has 8 heteroatoms. The fourth-order valence-electron chi connectivity index (χ4n) is 2.22. The predicted molar refractivity (Wildman–Crippen MR) is 98.6 cm³/mol. The average Bonchev–Trinajstić information content (AvgIpc) is 3.20. The zero-order chi connectivity index (χ0) is 17.8. The molecule has 0 radical (unpaired) electrons. The Morgan fingerprint density at radius 2 is 2.04 bits per heavy atom. The maximum absolute atomic E-state index is 12.4. The molecule has 1 aliphatic rings. The zero-order valence-corrected chi connectivity index (χ0v) is 14.9. The number of thioether (sulfide) groups is 1. The lowest BCUT2D eigenvalue weighted by Crippen LogP contribution is -2.36. The Labute approximate surface area is 152 Å². The number of imide groups is 1. The third kappa shape index (κ3) is 3.92. The molecule has 0 unspecified atom stereocenters. The molecule has 2 heterocycles. The molecule has 3 amide bonds. The Morgan fingerprint density at radius 3 is 2.76 bits per heavy atom. The number of anilines is 1. The van der Waals surface area contributed by atoms with Crippen LogP contribution in [0.5, 0.6) is 5.75 Å². The van der Waals surface area contributed by atoms with E-state index < -0.39 is 17.1 Å². The van der Waals surface area contributed by atoms with Crippen LogP contribution < -0.4 is 10.1 Å². The number of carbonyl (C=O) groups excluding carboxylic acids is 3. The van der Waals surface area contributed by atoms with E-state index in [0.29, 0.717) is 16.3 Å². The number of nitrogens with one attached hydrogen (secondary N) is 1. The Hall–Kier alpha value is -2.58. The van der Waals surface area contributed by atoms with E-state index in [-0.39, 0.29) is 6.54 Å². The SMILES string of the molecule is COc1ccccc1NC(=O)CN1C(=O)S/C(=C\c2cccs2)C1=O. The monoisotopic (exact) mass is 374 g/mol. The van der Waals surface area contributed by atoms with Crippen LogP contribution in [0, 0.1) is 0 Å². The van der Waals surface area contributed by atoms with E-state index in [1.165, 1.54) is 18.4 Å². The normalized spacial score (nSPS) is 15.7. The molecule has 0 atom stereocenters. The van der Waals surface area contributed by atoms with Gasteiger partial charge in [0.15, 0.2) is 0 Å². The van der Waals surface area contributed by atoms with E-state index >= 15 is 0 Å². The number of ether oxygens (including phenoxy) is 1. The van der Waals surface area contributed by atoms with Crippen molar-refractivity contribution in [1.29, 1.82) is 0 Å². The van der Waals surface area contributed by atoms with Gasteiger partial charge in [-0.15, -0.1) is 11.3 Å². The highest BCUT2D eigenvalue weighted by Gasteiger charge is 2.36. The summed E-state index contributed by atoms with van der Waals surface area (Å²) in [7, 11) is 1.50. The largest absolute Gasteiger partial charge is 0.495 e. The molecule has 1 N–H and O–H groups in total. The molecule has 6 nitrogen and oxygen atoms in total. The first-order chi connectivity index (χ1) is 12.1. The highest BCUT2D eigenvalue weighted by molar-refractivity contribution is 8.18. The number of hydrogen-bond donors (Lipinski definition) is 1. The third-order valence-electron chi connectivity index (χ3n) is 3.37. The Balaban J connectivity index is 1.69. The second kappa shape index (κ2) is 7.54. The molecule has 1 aromatic carbocycles. The lowest BCUT2D eigenvalue weighted by Gasteiger charge is -2.14. The quantitative estimate of drug-likeness (QED) is 0.812. The summed E-state index contributed by atoms with van der Waals surface area (Å²) < 4.78 is 5.16. The number of amides is 3. The molecule has 0 saturated carbocycles. The third-order valence-corrected chi connectivity index (χ3v) is 5.10. The molecule has 25 heavy (non-hydrogen) atoms. The molecular weight excluding hydrogens is 360 g/mol. The van der Waals surface area contributed by atoms with Crippen LogP contribution in [0.2, 0.25) is 0 Å². The van der Waals surface area contributed by atoms with Gasteiger partial charge in [0.1, 0.15) is 12.3 Å². The number of hydrogen-bond acceptors (Lipinski definition) is 6. The molecule has 1 aromatic heterocycles. The van der Waals surface area contributed by atoms with Crippen LogP contribution in [0.4, 0.5) is 10.5 Å². The first-order valence-electron chi connectivity index (χ1n) is 7.30. The van der Waals surface area contributed by atoms with Crippen molar-refractivity contribution in [2.24, 2.45) is 0 Å². The standard InChI is InChI=1S/C17H14N2O4S2/c1-23-13-7-3-2-6-12(13)18-15(20)10-19-16(21)14(25-17(19)22)9-11-5-4-8-24-11/h2-9H,10H2,1H3,(H,18,20)/b14-9-. The summed E-state index contributed by atoms with van der Waals surface area (Å²) >= 11 is 2.31. The molecule has 128 valence electrons. The topological polar surface area (TPSA) is 75.7 Å². The van der Waals surface area contributed by atoms with E-state index in [0.717, 1.165) is 21.5 Å². The van der Waals surface area contributed by atoms with Crippen LogP contribution in [0.3, 0.4) is 0 Å². The Bertz CT molecular complexity index is 846. The van der Waals surface area contributed by atoms with Crippen molar-refractivity contribution >= 4 is 51.9 Å². The number of carbonyl (C=O) groups is 3. The van der Waals surface area contributed by atoms with Gasteiger partial charge in [-0.25, -0.2) is 0 Å². The maximum Gasteiger partial charge on any atom is 0.294 e. The number of benzene rings is 1. The summed E-state index contributed by atoms with van der Waals surface area (Å²) in [6, 6.07) is 10.6.